The Morgan fingerprint density at radius 3 is 2.72 bits per heavy atom. The van der Waals surface area contributed by atoms with Gasteiger partial charge in [-0.3, -0.25) is 9.59 Å². The lowest BCUT2D eigenvalue weighted by atomic mass is 10.00. The molecule has 25 heavy (non-hydrogen) atoms. The fourth-order valence-electron chi connectivity index (χ4n) is 4.24. The summed E-state index contributed by atoms with van der Waals surface area (Å²) in [5.74, 6) is 1.26. The minimum absolute atomic E-state index is 0.206. The quantitative estimate of drug-likeness (QED) is 0.787. The molecule has 0 aromatic carbocycles. The van der Waals surface area contributed by atoms with Crippen molar-refractivity contribution >= 4 is 11.8 Å². The van der Waals surface area contributed by atoms with Gasteiger partial charge in [-0.05, 0) is 18.8 Å². The highest BCUT2D eigenvalue weighted by atomic mass is 16.2. The molecule has 3 aliphatic rings. The zero-order valence-corrected chi connectivity index (χ0v) is 14.8. The van der Waals surface area contributed by atoms with Crippen molar-refractivity contribution in [2.24, 2.45) is 5.92 Å². The number of carbonyl (C=O) groups excluding carboxylic acids is 2. The van der Waals surface area contributed by atoms with Gasteiger partial charge in [-0.2, -0.15) is 0 Å². The predicted molar refractivity (Wildman–Crippen MR) is 91.5 cm³/mol. The lowest BCUT2D eigenvalue weighted by Crippen LogP contribution is -2.50. The van der Waals surface area contributed by atoms with E-state index in [0.29, 0.717) is 19.4 Å². The van der Waals surface area contributed by atoms with Crippen LogP contribution in [0.4, 0.5) is 0 Å². The largest absolute Gasteiger partial charge is 0.338 e. The first-order valence-corrected chi connectivity index (χ1v) is 9.65. The lowest BCUT2D eigenvalue weighted by molar-refractivity contribution is -0.137. The van der Waals surface area contributed by atoms with E-state index >= 15 is 0 Å². The van der Waals surface area contributed by atoms with E-state index in [-0.39, 0.29) is 17.9 Å². The first-order valence-electron chi connectivity index (χ1n) is 9.65. The van der Waals surface area contributed by atoms with Crippen LogP contribution in [0.1, 0.15) is 63.1 Å². The van der Waals surface area contributed by atoms with E-state index in [2.05, 4.69) is 10.3 Å². The summed E-state index contributed by atoms with van der Waals surface area (Å²) < 4.78 is 1.86. The maximum atomic E-state index is 12.3. The molecule has 2 amide bonds. The Morgan fingerprint density at radius 2 is 2.00 bits per heavy atom. The number of amides is 2. The summed E-state index contributed by atoms with van der Waals surface area (Å²) in [5, 5.41) is 8.39. The summed E-state index contributed by atoms with van der Waals surface area (Å²) in [4.78, 5) is 27.7. The van der Waals surface area contributed by atoms with Crippen LogP contribution >= 0.6 is 0 Å². The van der Waals surface area contributed by atoms with Crippen LogP contribution in [0, 0.1) is 5.92 Å². The van der Waals surface area contributed by atoms with Crippen molar-refractivity contribution < 1.29 is 9.59 Å². The molecule has 0 N–H and O–H groups in total. The van der Waals surface area contributed by atoms with Gasteiger partial charge in [0.2, 0.25) is 11.8 Å². The first-order chi connectivity index (χ1) is 12.2. The van der Waals surface area contributed by atoms with Crippen LogP contribution in [0.3, 0.4) is 0 Å². The third kappa shape index (κ3) is 3.70. The number of carbonyl (C=O) groups is 2. The summed E-state index contributed by atoms with van der Waals surface area (Å²) in [6, 6.07) is 0.228. The smallest absolute Gasteiger partial charge is 0.222 e. The van der Waals surface area contributed by atoms with E-state index in [1.54, 1.807) is 0 Å². The van der Waals surface area contributed by atoms with Gasteiger partial charge >= 0.3 is 0 Å². The average molecular weight is 345 g/mol. The molecule has 0 bridgehead atoms. The molecule has 2 aliphatic heterocycles. The predicted octanol–water partition coefficient (Wildman–Crippen LogP) is 1.75. The van der Waals surface area contributed by atoms with Gasteiger partial charge in [0.15, 0.2) is 0 Å². The fourth-order valence-corrected chi connectivity index (χ4v) is 4.24. The Labute approximate surface area is 148 Å². The summed E-state index contributed by atoms with van der Waals surface area (Å²) in [5.41, 5.74) is 0.834. The highest BCUT2D eigenvalue weighted by Crippen LogP contribution is 2.29. The summed E-state index contributed by atoms with van der Waals surface area (Å²) in [7, 11) is 0. The second-order valence-electron chi connectivity index (χ2n) is 7.75. The number of likely N-dealkylation sites (tertiary alicyclic amines) is 2. The van der Waals surface area contributed by atoms with Gasteiger partial charge in [0.05, 0.1) is 18.8 Å². The second-order valence-corrected chi connectivity index (χ2v) is 7.75. The Morgan fingerprint density at radius 1 is 1.20 bits per heavy atom. The van der Waals surface area contributed by atoms with Crippen molar-refractivity contribution in [3.63, 3.8) is 0 Å². The topological polar surface area (TPSA) is 71.3 Å². The minimum Gasteiger partial charge on any atom is -0.338 e. The van der Waals surface area contributed by atoms with E-state index in [9.17, 15) is 9.59 Å². The lowest BCUT2D eigenvalue weighted by Gasteiger charge is -2.39. The zero-order valence-electron chi connectivity index (χ0n) is 14.8. The molecule has 0 radical (unpaired) electrons. The molecule has 3 heterocycles. The number of aromatic nitrogens is 3. The SMILES string of the molecule is O=C1CCCN1Cc1cn(C2CN(C(=O)CCC3CCCC3)C2)nn1. The van der Waals surface area contributed by atoms with E-state index in [4.69, 9.17) is 0 Å². The van der Waals surface area contributed by atoms with Crippen molar-refractivity contribution in [1.82, 2.24) is 24.8 Å². The maximum absolute atomic E-state index is 12.3. The van der Waals surface area contributed by atoms with Crippen LogP contribution in [0.15, 0.2) is 6.20 Å². The van der Waals surface area contributed by atoms with E-state index in [0.717, 1.165) is 44.1 Å². The molecule has 1 aromatic rings. The number of nitrogens with zero attached hydrogens (tertiary/aromatic N) is 5. The van der Waals surface area contributed by atoms with Crippen LogP contribution in [0.2, 0.25) is 0 Å². The van der Waals surface area contributed by atoms with Crippen molar-refractivity contribution in [3.05, 3.63) is 11.9 Å². The number of hydrogen-bond donors (Lipinski definition) is 0. The Bertz CT molecular complexity index is 631. The molecular formula is C18H27N5O2. The number of hydrogen-bond acceptors (Lipinski definition) is 4. The van der Waals surface area contributed by atoms with Gasteiger partial charge in [-0.25, -0.2) is 4.68 Å². The Hall–Kier alpha value is -1.92. The Kier molecular flexibility index (Phi) is 4.72. The molecule has 0 spiro atoms. The van der Waals surface area contributed by atoms with Crippen LogP contribution < -0.4 is 0 Å². The van der Waals surface area contributed by atoms with Crippen LogP contribution in [-0.2, 0) is 16.1 Å². The highest BCUT2D eigenvalue weighted by molar-refractivity contribution is 5.78. The van der Waals surface area contributed by atoms with Gasteiger partial charge in [0.1, 0.15) is 5.69 Å². The highest BCUT2D eigenvalue weighted by Gasteiger charge is 2.33. The molecular weight excluding hydrogens is 318 g/mol. The molecule has 2 saturated heterocycles. The van der Waals surface area contributed by atoms with Crippen molar-refractivity contribution in [1.29, 1.82) is 0 Å². The molecule has 7 nitrogen and oxygen atoms in total. The van der Waals surface area contributed by atoms with Crippen molar-refractivity contribution in [2.45, 2.75) is 64.0 Å². The zero-order chi connectivity index (χ0) is 17.2. The van der Waals surface area contributed by atoms with Gasteiger partial charge in [-0.15, -0.1) is 5.10 Å². The Balaban J connectivity index is 1.22. The van der Waals surface area contributed by atoms with Gasteiger partial charge in [-0.1, -0.05) is 30.9 Å². The number of rotatable bonds is 6. The molecule has 0 unspecified atom stereocenters. The molecule has 3 fully saturated rings. The summed E-state index contributed by atoms with van der Waals surface area (Å²) in [6.45, 7) is 2.83. The summed E-state index contributed by atoms with van der Waals surface area (Å²) in [6.07, 6.45) is 10.5. The summed E-state index contributed by atoms with van der Waals surface area (Å²) >= 11 is 0. The van der Waals surface area contributed by atoms with E-state index in [1.165, 1.54) is 25.7 Å². The molecule has 0 atom stereocenters. The molecule has 1 aromatic heterocycles. The van der Waals surface area contributed by atoms with Gasteiger partial charge < -0.3 is 9.80 Å². The first kappa shape index (κ1) is 16.5. The average Bonchev–Trinajstić information content (AvgIpc) is 3.28. The molecule has 136 valence electrons. The molecule has 1 saturated carbocycles. The standard InChI is InChI=1S/C18H27N5O2/c24-17-6-3-9-21(17)10-15-11-23(20-19-15)16-12-22(13-16)18(25)8-7-14-4-1-2-5-14/h11,14,16H,1-10,12-13H2. The maximum Gasteiger partial charge on any atom is 0.222 e. The van der Waals surface area contributed by atoms with Gasteiger partial charge in [0.25, 0.3) is 0 Å². The molecule has 4 rings (SSSR count). The van der Waals surface area contributed by atoms with E-state index in [1.807, 2.05) is 20.7 Å². The van der Waals surface area contributed by atoms with Crippen LogP contribution in [-0.4, -0.2) is 56.2 Å². The third-order valence-corrected chi connectivity index (χ3v) is 5.91. The van der Waals surface area contributed by atoms with E-state index < -0.39 is 0 Å². The van der Waals surface area contributed by atoms with Crippen molar-refractivity contribution in [2.75, 3.05) is 19.6 Å². The normalized spacial score (nSPS) is 22.0. The monoisotopic (exact) mass is 345 g/mol. The minimum atomic E-state index is 0.206. The van der Waals surface area contributed by atoms with Crippen LogP contribution in [0.5, 0.6) is 0 Å². The van der Waals surface area contributed by atoms with Crippen molar-refractivity contribution in [3.8, 4) is 0 Å². The fraction of sp³-hybridized carbons (Fsp3) is 0.778. The second kappa shape index (κ2) is 7.14. The molecule has 7 heteroatoms. The molecule has 1 aliphatic carbocycles. The third-order valence-electron chi connectivity index (χ3n) is 5.91. The van der Waals surface area contributed by atoms with Gasteiger partial charge in [0, 0.05) is 32.5 Å². The van der Waals surface area contributed by atoms with Crippen LogP contribution in [0.25, 0.3) is 0 Å².